The van der Waals surface area contributed by atoms with Gasteiger partial charge in [0.25, 0.3) is 5.91 Å². The smallest absolute Gasteiger partial charge is 0.277 e. The normalized spacial score (nSPS) is 10.6. The number of benzene rings is 2. The van der Waals surface area contributed by atoms with Gasteiger partial charge >= 0.3 is 0 Å². The molecule has 5 heteroatoms. The Morgan fingerprint density at radius 3 is 2.67 bits per heavy atom. The van der Waals surface area contributed by atoms with Crippen LogP contribution in [-0.2, 0) is 11.2 Å². The molecule has 0 aromatic heterocycles. The summed E-state index contributed by atoms with van der Waals surface area (Å²) < 4.78 is 11.0. The molecular weight excluding hydrogens is 340 g/mol. The van der Waals surface area contributed by atoms with E-state index in [1.165, 1.54) is 18.4 Å². The Balaban J connectivity index is 1.79. The standard InChI is InChI=1S/C22H26N2O3/c1-3-5-8-18-11-13-20(14-12-18)27-17-22(25)24-23-16-19-9-6-7-10-21(19)26-15-4-2/h4,6-7,9-14,16H,2-3,5,8,15,17H2,1H3,(H,24,25)/b23-16-. The minimum absolute atomic E-state index is 0.0970. The maximum Gasteiger partial charge on any atom is 0.277 e. The molecule has 0 heterocycles. The number of hydrazone groups is 1. The maximum absolute atomic E-state index is 11.9. The van der Waals surface area contributed by atoms with E-state index in [9.17, 15) is 4.79 Å². The van der Waals surface area contributed by atoms with Crippen molar-refractivity contribution in [3.05, 3.63) is 72.3 Å². The summed E-state index contributed by atoms with van der Waals surface area (Å²) in [5.74, 6) is 1.01. The van der Waals surface area contributed by atoms with E-state index in [0.717, 1.165) is 12.0 Å². The van der Waals surface area contributed by atoms with Crippen LogP contribution in [0.25, 0.3) is 0 Å². The van der Waals surface area contributed by atoms with Crippen molar-refractivity contribution in [1.29, 1.82) is 0 Å². The fraction of sp³-hybridized carbons (Fsp3) is 0.273. The average molecular weight is 366 g/mol. The molecule has 142 valence electrons. The molecule has 0 spiro atoms. The highest BCUT2D eigenvalue weighted by atomic mass is 16.5. The molecule has 0 aliphatic heterocycles. The third kappa shape index (κ3) is 7.36. The zero-order valence-electron chi connectivity index (χ0n) is 15.7. The highest BCUT2D eigenvalue weighted by Crippen LogP contribution is 2.16. The van der Waals surface area contributed by atoms with E-state index in [-0.39, 0.29) is 12.5 Å². The fourth-order valence-corrected chi connectivity index (χ4v) is 2.36. The molecule has 0 atom stereocenters. The van der Waals surface area contributed by atoms with Gasteiger partial charge in [-0.25, -0.2) is 5.43 Å². The molecule has 27 heavy (non-hydrogen) atoms. The number of carbonyl (C=O) groups is 1. The van der Waals surface area contributed by atoms with Gasteiger partial charge in [-0.1, -0.05) is 50.3 Å². The zero-order valence-corrected chi connectivity index (χ0v) is 15.7. The summed E-state index contributed by atoms with van der Waals surface area (Å²) in [5, 5.41) is 3.96. The van der Waals surface area contributed by atoms with E-state index >= 15 is 0 Å². The van der Waals surface area contributed by atoms with Crippen LogP contribution in [0.1, 0.15) is 30.9 Å². The predicted molar refractivity (Wildman–Crippen MR) is 108 cm³/mol. The number of nitrogens with zero attached hydrogens (tertiary/aromatic N) is 1. The summed E-state index contributed by atoms with van der Waals surface area (Å²) in [4.78, 5) is 11.9. The Morgan fingerprint density at radius 2 is 1.93 bits per heavy atom. The van der Waals surface area contributed by atoms with Gasteiger partial charge in [-0.2, -0.15) is 5.10 Å². The lowest BCUT2D eigenvalue weighted by Crippen LogP contribution is -2.24. The molecule has 0 radical (unpaired) electrons. The molecule has 2 aromatic rings. The van der Waals surface area contributed by atoms with Crippen LogP contribution in [0.3, 0.4) is 0 Å². The summed E-state index contributed by atoms with van der Waals surface area (Å²) in [6, 6.07) is 15.3. The first-order chi connectivity index (χ1) is 13.2. The Labute approximate surface area is 160 Å². The van der Waals surface area contributed by atoms with Crippen molar-refractivity contribution in [1.82, 2.24) is 5.43 Å². The molecule has 0 bridgehead atoms. The first kappa shape index (κ1) is 20.2. The summed E-state index contributed by atoms with van der Waals surface area (Å²) in [7, 11) is 0. The lowest BCUT2D eigenvalue weighted by Gasteiger charge is -2.07. The van der Waals surface area contributed by atoms with Crippen LogP contribution >= 0.6 is 0 Å². The zero-order chi connectivity index (χ0) is 19.3. The molecule has 2 aromatic carbocycles. The molecule has 0 unspecified atom stereocenters. The Bertz CT molecular complexity index is 754. The number of carbonyl (C=O) groups excluding carboxylic acids is 1. The van der Waals surface area contributed by atoms with Gasteiger partial charge in [0, 0.05) is 5.56 Å². The molecule has 0 fully saturated rings. The van der Waals surface area contributed by atoms with Gasteiger partial charge in [0.15, 0.2) is 6.61 Å². The number of unbranched alkanes of at least 4 members (excludes halogenated alkanes) is 1. The fourth-order valence-electron chi connectivity index (χ4n) is 2.36. The average Bonchev–Trinajstić information content (AvgIpc) is 2.70. The third-order valence-corrected chi connectivity index (χ3v) is 3.78. The predicted octanol–water partition coefficient (Wildman–Crippen LogP) is 4.12. The number of aryl methyl sites for hydroxylation is 1. The molecular formula is C22H26N2O3. The lowest BCUT2D eigenvalue weighted by molar-refractivity contribution is -0.123. The van der Waals surface area contributed by atoms with Crippen LogP contribution in [0.15, 0.2) is 66.3 Å². The van der Waals surface area contributed by atoms with Crippen LogP contribution in [0, 0.1) is 0 Å². The quantitative estimate of drug-likeness (QED) is 0.370. The van der Waals surface area contributed by atoms with Crippen LogP contribution < -0.4 is 14.9 Å². The molecule has 0 aliphatic rings. The molecule has 1 amide bonds. The van der Waals surface area contributed by atoms with Gasteiger partial charge in [0.05, 0.1) is 6.21 Å². The Kier molecular flexibility index (Phi) is 8.63. The van der Waals surface area contributed by atoms with Crippen LogP contribution in [-0.4, -0.2) is 25.3 Å². The molecule has 0 saturated heterocycles. The summed E-state index contributed by atoms with van der Waals surface area (Å²) in [6.45, 7) is 6.10. The van der Waals surface area contributed by atoms with E-state index in [4.69, 9.17) is 9.47 Å². The monoisotopic (exact) mass is 366 g/mol. The highest BCUT2D eigenvalue weighted by molar-refractivity contribution is 5.85. The largest absolute Gasteiger partial charge is 0.489 e. The van der Waals surface area contributed by atoms with Crippen LogP contribution in [0.2, 0.25) is 0 Å². The summed E-state index contributed by atoms with van der Waals surface area (Å²) in [5.41, 5.74) is 4.49. The number of amides is 1. The molecule has 0 aliphatic carbocycles. The highest BCUT2D eigenvalue weighted by Gasteiger charge is 2.03. The second-order valence-corrected chi connectivity index (χ2v) is 5.97. The number of hydrogen-bond acceptors (Lipinski definition) is 4. The molecule has 1 N–H and O–H groups in total. The SMILES string of the molecule is C=CCOc1ccccc1/C=N\NC(=O)COc1ccc(CCCC)cc1. The van der Waals surface area contributed by atoms with Crippen molar-refractivity contribution in [3.8, 4) is 11.5 Å². The minimum Gasteiger partial charge on any atom is -0.489 e. The van der Waals surface area contributed by atoms with Crippen molar-refractivity contribution in [3.63, 3.8) is 0 Å². The van der Waals surface area contributed by atoms with Crippen molar-refractivity contribution >= 4 is 12.1 Å². The minimum atomic E-state index is -0.328. The van der Waals surface area contributed by atoms with Crippen molar-refractivity contribution in [2.45, 2.75) is 26.2 Å². The van der Waals surface area contributed by atoms with Crippen molar-refractivity contribution in [2.75, 3.05) is 13.2 Å². The Morgan fingerprint density at radius 1 is 1.15 bits per heavy atom. The van der Waals surface area contributed by atoms with Gasteiger partial charge < -0.3 is 9.47 Å². The van der Waals surface area contributed by atoms with Gasteiger partial charge in [-0.05, 0) is 42.7 Å². The van der Waals surface area contributed by atoms with E-state index in [2.05, 4.69) is 24.0 Å². The van der Waals surface area contributed by atoms with E-state index < -0.39 is 0 Å². The van der Waals surface area contributed by atoms with E-state index in [1.807, 2.05) is 48.5 Å². The van der Waals surface area contributed by atoms with Crippen LogP contribution in [0.4, 0.5) is 0 Å². The topological polar surface area (TPSA) is 59.9 Å². The molecule has 0 saturated carbocycles. The first-order valence-electron chi connectivity index (χ1n) is 9.09. The van der Waals surface area contributed by atoms with Gasteiger partial charge in [-0.3, -0.25) is 4.79 Å². The van der Waals surface area contributed by atoms with Gasteiger partial charge in [0.2, 0.25) is 0 Å². The van der Waals surface area contributed by atoms with Crippen molar-refractivity contribution < 1.29 is 14.3 Å². The lowest BCUT2D eigenvalue weighted by atomic mass is 10.1. The first-order valence-corrected chi connectivity index (χ1v) is 9.09. The number of hydrogen-bond donors (Lipinski definition) is 1. The number of rotatable bonds is 11. The van der Waals surface area contributed by atoms with Crippen molar-refractivity contribution in [2.24, 2.45) is 5.10 Å². The molecule has 5 nitrogen and oxygen atoms in total. The third-order valence-electron chi connectivity index (χ3n) is 3.78. The number of para-hydroxylation sites is 1. The Hall–Kier alpha value is -3.08. The van der Waals surface area contributed by atoms with Crippen LogP contribution in [0.5, 0.6) is 11.5 Å². The van der Waals surface area contributed by atoms with Gasteiger partial charge in [0.1, 0.15) is 18.1 Å². The van der Waals surface area contributed by atoms with Gasteiger partial charge in [-0.15, -0.1) is 0 Å². The summed E-state index contributed by atoms with van der Waals surface area (Å²) in [6.07, 6.45) is 6.61. The number of ether oxygens (including phenoxy) is 2. The summed E-state index contributed by atoms with van der Waals surface area (Å²) >= 11 is 0. The second-order valence-electron chi connectivity index (χ2n) is 5.97. The van der Waals surface area contributed by atoms with E-state index in [1.54, 1.807) is 12.3 Å². The molecule has 2 rings (SSSR count). The maximum atomic E-state index is 11.9. The second kappa shape index (κ2) is 11.5. The van der Waals surface area contributed by atoms with E-state index in [0.29, 0.717) is 18.1 Å². The number of nitrogens with one attached hydrogen (secondary N) is 1.